The number of hydrogen-bond acceptors (Lipinski definition) is 3. The standard InChI is InChI=1S/C20H17F2NO3S2/c1-15-7-13-19(14-8-15)28(25,26)23-27(24,18-5-3-2-4-6-18)20(22)16-9-11-17(21)12-10-16/h2-14,20H,1H3/t20-,27-/m0/s1. The van der Waals surface area contributed by atoms with E-state index in [4.69, 9.17) is 0 Å². The lowest BCUT2D eigenvalue weighted by molar-refractivity contribution is 0.449. The van der Waals surface area contributed by atoms with Crippen LogP contribution >= 0.6 is 0 Å². The Labute approximate surface area is 163 Å². The molecule has 0 aliphatic heterocycles. The summed E-state index contributed by atoms with van der Waals surface area (Å²) in [6.07, 6.45) is 0. The lowest BCUT2D eigenvalue weighted by atomic mass is 10.2. The molecule has 0 saturated heterocycles. The number of benzene rings is 3. The highest BCUT2D eigenvalue weighted by molar-refractivity contribution is 8.03. The largest absolute Gasteiger partial charge is 0.290 e. The van der Waals surface area contributed by atoms with Crippen LogP contribution in [0.15, 0.2) is 92.4 Å². The van der Waals surface area contributed by atoms with Gasteiger partial charge in [0.15, 0.2) is 0 Å². The molecule has 0 spiro atoms. The third-order valence-electron chi connectivity index (χ3n) is 4.02. The summed E-state index contributed by atoms with van der Waals surface area (Å²) in [5.74, 6) is -0.591. The molecule has 28 heavy (non-hydrogen) atoms. The highest BCUT2D eigenvalue weighted by Crippen LogP contribution is 2.34. The topological polar surface area (TPSA) is 63.6 Å². The van der Waals surface area contributed by atoms with E-state index in [0.717, 1.165) is 29.8 Å². The van der Waals surface area contributed by atoms with E-state index >= 15 is 4.39 Å². The van der Waals surface area contributed by atoms with Crippen molar-refractivity contribution in [3.63, 3.8) is 0 Å². The third-order valence-corrected chi connectivity index (χ3v) is 8.34. The quantitative estimate of drug-likeness (QED) is 0.581. The van der Waals surface area contributed by atoms with Crippen LogP contribution in [0.4, 0.5) is 8.78 Å². The maximum atomic E-state index is 15.4. The predicted molar refractivity (Wildman–Crippen MR) is 104 cm³/mol. The zero-order valence-electron chi connectivity index (χ0n) is 14.8. The van der Waals surface area contributed by atoms with E-state index < -0.39 is 31.1 Å². The van der Waals surface area contributed by atoms with Crippen LogP contribution in [0.5, 0.6) is 0 Å². The van der Waals surface area contributed by atoms with E-state index in [1.54, 1.807) is 25.1 Å². The van der Waals surface area contributed by atoms with Gasteiger partial charge in [-0.05, 0) is 43.3 Å². The monoisotopic (exact) mass is 421 g/mol. The van der Waals surface area contributed by atoms with Crippen molar-refractivity contribution < 1.29 is 21.4 Å². The summed E-state index contributed by atoms with van der Waals surface area (Å²) in [4.78, 5) is -0.254. The molecule has 0 N–H and O–H groups in total. The molecule has 3 aromatic carbocycles. The summed E-state index contributed by atoms with van der Waals surface area (Å²) in [5.41, 5.74) is -1.56. The summed E-state index contributed by atoms with van der Waals surface area (Å²) in [6, 6.07) is 17.4. The first kappa shape index (κ1) is 20.2. The van der Waals surface area contributed by atoms with Gasteiger partial charge in [-0.3, -0.25) is 0 Å². The van der Waals surface area contributed by atoms with Crippen molar-refractivity contribution in [3.05, 3.63) is 95.8 Å². The number of sulfonamides is 1. The lowest BCUT2D eigenvalue weighted by Gasteiger charge is -2.16. The van der Waals surface area contributed by atoms with E-state index in [9.17, 15) is 17.0 Å². The van der Waals surface area contributed by atoms with Gasteiger partial charge in [0.05, 0.1) is 9.79 Å². The second-order valence-corrected chi connectivity index (χ2v) is 10.2. The average Bonchev–Trinajstić information content (AvgIpc) is 2.68. The Hall–Kier alpha value is -2.58. The van der Waals surface area contributed by atoms with Crippen LogP contribution in [0.2, 0.25) is 0 Å². The first-order valence-electron chi connectivity index (χ1n) is 8.26. The van der Waals surface area contributed by atoms with Crippen molar-refractivity contribution in [1.82, 2.24) is 0 Å². The van der Waals surface area contributed by atoms with Gasteiger partial charge < -0.3 is 0 Å². The second-order valence-electron chi connectivity index (χ2n) is 6.11. The fourth-order valence-corrected chi connectivity index (χ4v) is 6.46. The first-order valence-corrected chi connectivity index (χ1v) is 11.3. The van der Waals surface area contributed by atoms with Gasteiger partial charge in [-0.2, -0.15) is 8.42 Å². The maximum Gasteiger partial charge on any atom is 0.290 e. The van der Waals surface area contributed by atoms with Crippen LogP contribution in [0.3, 0.4) is 0 Å². The molecule has 8 heteroatoms. The molecule has 0 radical (unpaired) electrons. The Morgan fingerprint density at radius 1 is 0.786 bits per heavy atom. The van der Waals surface area contributed by atoms with Crippen LogP contribution in [0.1, 0.15) is 16.6 Å². The molecular weight excluding hydrogens is 404 g/mol. The van der Waals surface area contributed by atoms with Gasteiger partial charge >= 0.3 is 0 Å². The molecule has 0 amide bonds. The van der Waals surface area contributed by atoms with Crippen molar-refractivity contribution in [2.75, 3.05) is 0 Å². The molecule has 0 saturated carbocycles. The molecule has 0 heterocycles. The summed E-state index contributed by atoms with van der Waals surface area (Å²) in [5, 5.41) is 0. The Kier molecular flexibility index (Phi) is 5.62. The van der Waals surface area contributed by atoms with Crippen molar-refractivity contribution in [2.45, 2.75) is 22.2 Å². The summed E-state index contributed by atoms with van der Waals surface area (Å²) in [7, 11) is -8.49. The van der Waals surface area contributed by atoms with Crippen LogP contribution in [0.25, 0.3) is 0 Å². The van der Waals surface area contributed by atoms with Gasteiger partial charge in [-0.25, -0.2) is 13.0 Å². The highest BCUT2D eigenvalue weighted by atomic mass is 32.3. The zero-order valence-corrected chi connectivity index (χ0v) is 16.5. The number of aryl methyl sites for hydroxylation is 1. The number of halogens is 2. The molecule has 0 aliphatic rings. The lowest BCUT2D eigenvalue weighted by Crippen LogP contribution is -2.13. The molecule has 0 unspecified atom stereocenters. The molecule has 146 valence electrons. The minimum atomic E-state index is -4.41. The Morgan fingerprint density at radius 2 is 1.36 bits per heavy atom. The Balaban J connectivity index is 2.22. The minimum absolute atomic E-state index is 0.0671. The van der Waals surface area contributed by atoms with E-state index in [-0.39, 0.29) is 15.4 Å². The Morgan fingerprint density at radius 3 is 1.93 bits per heavy atom. The molecule has 3 aromatic rings. The summed E-state index contributed by atoms with van der Waals surface area (Å²) < 4.78 is 71.2. The zero-order chi connectivity index (χ0) is 20.4. The average molecular weight is 421 g/mol. The van der Waals surface area contributed by atoms with Gasteiger partial charge in [0.25, 0.3) is 10.0 Å². The predicted octanol–water partition coefficient (Wildman–Crippen LogP) is 5.02. The van der Waals surface area contributed by atoms with Crippen LogP contribution in [-0.2, 0) is 19.8 Å². The number of rotatable bonds is 5. The fourth-order valence-electron chi connectivity index (χ4n) is 2.51. The molecule has 3 rings (SSSR count). The number of alkyl halides is 1. The second kappa shape index (κ2) is 7.81. The van der Waals surface area contributed by atoms with Crippen LogP contribution in [-0.4, -0.2) is 12.6 Å². The number of hydrogen-bond donors (Lipinski definition) is 0. The fraction of sp³-hybridized carbons (Fsp3) is 0.100. The molecule has 0 bridgehead atoms. The van der Waals surface area contributed by atoms with Gasteiger partial charge in [-0.15, -0.1) is 0 Å². The molecule has 0 aliphatic carbocycles. The summed E-state index contributed by atoms with van der Waals surface area (Å²) >= 11 is 0. The molecule has 2 atom stereocenters. The van der Waals surface area contributed by atoms with Gasteiger partial charge in [-0.1, -0.05) is 51.8 Å². The molecule has 0 fully saturated rings. The number of nitrogens with zero attached hydrogens (tertiary/aromatic N) is 1. The molecular formula is C20H17F2NO3S2. The van der Waals surface area contributed by atoms with Crippen LogP contribution in [0, 0.1) is 12.7 Å². The SMILES string of the molecule is Cc1ccc(S(=O)(=O)N=[S@](=O)(c2ccccc2)[C@H](F)c2ccc(F)cc2)cc1. The van der Waals surface area contributed by atoms with Gasteiger partial charge in [0.2, 0.25) is 5.50 Å². The van der Waals surface area contributed by atoms with Crippen molar-refractivity contribution in [1.29, 1.82) is 0 Å². The van der Waals surface area contributed by atoms with Crippen LogP contribution < -0.4 is 0 Å². The van der Waals surface area contributed by atoms with Crippen molar-refractivity contribution in [2.24, 2.45) is 3.77 Å². The maximum absolute atomic E-state index is 15.4. The van der Waals surface area contributed by atoms with E-state index in [0.29, 0.717) is 0 Å². The van der Waals surface area contributed by atoms with E-state index in [1.165, 1.54) is 36.4 Å². The highest BCUT2D eigenvalue weighted by Gasteiger charge is 2.30. The van der Waals surface area contributed by atoms with Crippen molar-refractivity contribution >= 4 is 19.8 Å². The van der Waals surface area contributed by atoms with Crippen molar-refractivity contribution in [3.8, 4) is 0 Å². The normalized spacial score (nSPS) is 14.8. The molecule has 4 nitrogen and oxygen atoms in total. The minimum Gasteiger partial charge on any atom is -0.240 e. The van der Waals surface area contributed by atoms with Gasteiger partial charge in [0.1, 0.15) is 15.5 Å². The van der Waals surface area contributed by atoms with Gasteiger partial charge in [0, 0.05) is 5.56 Å². The summed E-state index contributed by atoms with van der Waals surface area (Å²) in [6.45, 7) is 1.78. The molecule has 0 aromatic heterocycles. The smallest absolute Gasteiger partial charge is 0.240 e. The van der Waals surface area contributed by atoms with E-state index in [1.807, 2.05) is 0 Å². The van der Waals surface area contributed by atoms with E-state index in [2.05, 4.69) is 3.77 Å². The Bertz CT molecular complexity index is 1180. The first-order chi connectivity index (χ1) is 13.2. The third kappa shape index (κ3) is 4.13.